The van der Waals surface area contributed by atoms with E-state index in [4.69, 9.17) is 11.6 Å². The summed E-state index contributed by atoms with van der Waals surface area (Å²) in [6, 6.07) is 4.52. The molecule has 2 nitrogen and oxygen atoms in total. The maximum atomic E-state index is 13.5. The van der Waals surface area contributed by atoms with Gasteiger partial charge in [-0.3, -0.25) is 4.79 Å². The van der Waals surface area contributed by atoms with Crippen LogP contribution in [0.15, 0.2) is 18.2 Å². The van der Waals surface area contributed by atoms with E-state index < -0.39 is 5.82 Å². The van der Waals surface area contributed by atoms with E-state index in [0.717, 1.165) is 18.4 Å². The van der Waals surface area contributed by atoms with Crippen LogP contribution in [0.2, 0.25) is 0 Å². The number of halogens is 2. The van der Waals surface area contributed by atoms with Crippen LogP contribution in [-0.2, 0) is 0 Å². The molecule has 1 aliphatic rings. The third-order valence-electron chi connectivity index (χ3n) is 3.23. The van der Waals surface area contributed by atoms with Crippen LogP contribution in [0, 0.1) is 18.2 Å². The van der Waals surface area contributed by atoms with Gasteiger partial charge in [-0.05, 0) is 31.9 Å². The summed E-state index contributed by atoms with van der Waals surface area (Å²) >= 11 is 5.82. The number of carbonyl (C=O) groups is 1. The van der Waals surface area contributed by atoms with E-state index in [9.17, 15) is 9.18 Å². The average molecular weight is 256 g/mol. The van der Waals surface area contributed by atoms with Gasteiger partial charge in [-0.2, -0.15) is 0 Å². The van der Waals surface area contributed by atoms with Crippen molar-refractivity contribution in [1.82, 2.24) is 5.32 Å². The fraction of sp³-hybridized carbons (Fsp3) is 0.462. The van der Waals surface area contributed by atoms with Crippen molar-refractivity contribution in [3.8, 4) is 0 Å². The zero-order valence-corrected chi connectivity index (χ0v) is 10.5. The molecular formula is C13H15ClFNO. The van der Waals surface area contributed by atoms with Gasteiger partial charge in [0, 0.05) is 17.8 Å². The third-order valence-corrected chi connectivity index (χ3v) is 3.80. The van der Waals surface area contributed by atoms with Gasteiger partial charge in [-0.1, -0.05) is 11.6 Å². The quantitative estimate of drug-likeness (QED) is 0.824. The van der Waals surface area contributed by atoms with Crippen LogP contribution in [0.5, 0.6) is 0 Å². The zero-order chi connectivity index (χ0) is 12.5. The van der Waals surface area contributed by atoms with Gasteiger partial charge in [-0.15, -0.1) is 11.6 Å². The molecule has 1 fully saturated rings. The summed E-state index contributed by atoms with van der Waals surface area (Å²) in [6.07, 6.45) is 2.07. The molecule has 1 aromatic rings. The van der Waals surface area contributed by atoms with E-state index in [0.29, 0.717) is 12.4 Å². The predicted molar refractivity (Wildman–Crippen MR) is 65.9 cm³/mol. The molecule has 4 heteroatoms. The molecule has 1 saturated carbocycles. The third kappa shape index (κ3) is 2.78. The van der Waals surface area contributed by atoms with Gasteiger partial charge in [-0.25, -0.2) is 4.39 Å². The normalized spacial score (nSPS) is 16.6. The van der Waals surface area contributed by atoms with Gasteiger partial charge < -0.3 is 5.32 Å². The SMILES string of the molecule is Cc1ccc(F)c(C(=O)NCC2(CCl)CC2)c1. The Morgan fingerprint density at radius 2 is 2.24 bits per heavy atom. The van der Waals surface area contributed by atoms with Crippen molar-refractivity contribution in [3.05, 3.63) is 35.1 Å². The van der Waals surface area contributed by atoms with Crippen LogP contribution in [-0.4, -0.2) is 18.3 Å². The Kier molecular flexibility index (Phi) is 3.38. The van der Waals surface area contributed by atoms with Gasteiger partial charge in [0.1, 0.15) is 5.82 Å². The standard InChI is InChI=1S/C13H15ClFNO/c1-9-2-3-11(15)10(6-9)12(17)16-8-13(7-14)4-5-13/h2-3,6H,4-5,7-8H2,1H3,(H,16,17). The van der Waals surface area contributed by atoms with Crippen LogP contribution in [0.1, 0.15) is 28.8 Å². The first kappa shape index (κ1) is 12.4. The summed E-state index contributed by atoms with van der Waals surface area (Å²) in [5, 5.41) is 2.76. The maximum Gasteiger partial charge on any atom is 0.254 e. The Balaban J connectivity index is 2.02. The number of nitrogens with one attached hydrogen (secondary N) is 1. The maximum absolute atomic E-state index is 13.5. The van der Waals surface area contributed by atoms with Crippen LogP contribution >= 0.6 is 11.6 Å². The van der Waals surface area contributed by atoms with Crippen molar-refractivity contribution in [2.75, 3.05) is 12.4 Å². The van der Waals surface area contributed by atoms with Crippen molar-refractivity contribution in [2.45, 2.75) is 19.8 Å². The molecule has 17 heavy (non-hydrogen) atoms. The lowest BCUT2D eigenvalue weighted by atomic mass is 10.1. The first-order valence-corrected chi connectivity index (χ1v) is 6.20. The Morgan fingerprint density at radius 3 is 2.82 bits per heavy atom. The second-order valence-corrected chi connectivity index (χ2v) is 5.07. The molecule has 0 atom stereocenters. The predicted octanol–water partition coefficient (Wildman–Crippen LogP) is 2.88. The van der Waals surface area contributed by atoms with E-state index in [1.54, 1.807) is 12.1 Å². The van der Waals surface area contributed by atoms with Gasteiger partial charge in [0.15, 0.2) is 0 Å². The average Bonchev–Trinajstić information content (AvgIpc) is 3.10. The first-order chi connectivity index (χ1) is 8.06. The largest absolute Gasteiger partial charge is 0.351 e. The number of hydrogen-bond donors (Lipinski definition) is 1. The van der Waals surface area contributed by atoms with Gasteiger partial charge >= 0.3 is 0 Å². The Labute approximate surface area is 105 Å². The minimum absolute atomic E-state index is 0.0531. The molecule has 2 rings (SSSR count). The van der Waals surface area contributed by atoms with Crippen LogP contribution in [0.4, 0.5) is 4.39 Å². The summed E-state index contributed by atoms with van der Waals surface area (Å²) in [7, 11) is 0. The zero-order valence-electron chi connectivity index (χ0n) is 9.72. The van der Waals surface area contributed by atoms with Gasteiger partial charge in [0.05, 0.1) is 5.56 Å². The summed E-state index contributed by atoms with van der Waals surface area (Å²) in [5.74, 6) is -0.296. The van der Waals surface area contributed by atoms with E-state index in [2.05, 4.69) is 5.32 Å². The molecule has 1 aromatic carbocycles. The molecule has 0 radical (unpaired) electrons. The smallest absolute Gasteiger partial charge is 0.254 e. The number of hydrogen-bond acceptors (Lipinski definition) is 1. The number of alkyl halides is 1. The number of amides is 1. The highest BCUT2D eigenvalue weighted by Crippen LogP contribution is 2.45. The fourth-order valence-corrected chi connectivity index (χ4v) is 2.07. The Bertz CT molecular complexity index is 443. The van der Waals surface area contributed by atoms with Crippen molar-refractivity contribution in [3.63, 3.8) is 0 Å². The summed E-state index contributed by atoms with van der Waals surface area (Å²) in [4.78, 5) is 11.8. The fourth-order valence-electron chi connectivity index (χ4n) is 1.71. The van der Waals surface area contributed by atoms with Crippen LogP contribution in [0.25, 0.3) is 0 Å². The molecule has 1 amide bonds. The minimum Gasteiger partial charge on any atom is -0.351 e. The molecule has 0 saturated heterocycles. The molecule has 0 unspecified atom stereocenters. The monoisotopic (exact) mass is 255 g/mol. The Morgan fingerprint density at radius 1 is 1.53 bits per heavy atom. The van der Waals surface area contributed by atoms with Crippen molar-refractivity contribution >= 4 is 17.5 Å². The highest BCUT2D eigenvalue weighted by molar-refractivity contribution is 6.18. The topological polar surface area (TPSA) is 29.1 Å². The van der Waals surface area contributed by atoms with E-state index in [-0.39, 0.29) is 16.9 Å². The van der Waals surface area contributed by atoms with Gasteiger partial charge in [0.25, 0.3) is 5.91 Å². The molecule has 0 aliphatic heterocycles. The van der Waals surface area contributed by atoms with Crippen LogP contribution < -0.4 is 5.32 Å². The van der Waals surface area contributed by atoms with Gasteiger partial charge in [0.2, 0.25) is 0 Å². The lowest BCUT2D eigenvalue weighted by molar-refractivity contribution is 0.0942. The molecular weight excluding hydrogens is 241 g/mol. The molecule has 0 bridgehead atoms. The summed E-state index contributed by atoms with van der Waals surface area (Å²) in [5.41, 5.74) is 1.03. The van der Waals surface area contributed by atoms with E-state index in [1.165, 1.54) is 6.07 Å². The van der Waals surface area contributed by atoms with Crippen molar-refractivity contribution in [2.24, 2.45) is 5.41 Å². The molecule has 0 aromatic heterocycles. The number of benzene rings is 1. The second kappa shape index (κ2) is 4.65. The summed E-state index contributed by atoms with van der Waals surface area (Å²) < 4.78 is 13.5. The highest BCUT2D eigenvalue weighted by atomic mass is 35.5. The lowest BCUT2D eigenvalue weighted by Gasteiger charge is -2.12. The van der Waals surface area contributed by atoms with E-state index >= 15 is 0 Å². The number of aryl methyl sites for hydroxylation is 1. The second-order valence-electron chi connectivity index (χ2n) is 4.80. The number of carbonyl (C=O) groups excluding carboxylic acids is 1. The van der Waals surface area contributed by atoms with E-state index in [1.807, 2.05) is 6.92 Å². The molecule has 1 N–H and O–H groups in total. The number of rotatable bonds is 4. The molecule has 0 heterocycles. The Hall–Kier alpha value is -1.09. The molecule has 92 valence electrons. The highest BCUT2D eigenvalue weighted by Gasteiger charge is 2.41. The minimum atomic E-state index is -0.483. The van der Waals surface area contributed by atoms with Crippen LogP contribution in [0.3, 0.4) is 0 Å². The summed E-state index contributed by atoms with van der Waals surface area (Å²) in [6.45, 7) is 2.36. The lowest BCUT2D eigenvalue weighted by Crippen LogP contribution is -2.31. The molecule has 1 aliphatic carbocycles. The van der Waals surface area contributed by atoms with Crippen molar-refractivity contribution in [1.29, 1.82) is 0 Å². The first-order valence-electron chi connectivity index (χ1n) is 5.67. The van der Waals surface area contributed by atoms with Crippen molar-refractivity contribution < 1.29 is 9.18 Å². The molecule has 0 spiro atoms.